The summed E-state index contributed by atoms with van der Waals surface area (Å²) in [6.07, 6.45) is 4.11. The van der Waals surface area contributed by atoms with E-state index in [1.54, 1.807) is 0 Å². The van der Waals surface area contributed by atoms with Crippen LogP contribution < -0.4 is 0 Å². The Morgan fingerprint density at radius 1 is 0.162 bits per heavy atom. The third kappa shape index (κ3) is 18.6. The highest BCUT2D eigenvalue weighted by molar-refractivity contribution is 6.23. The highest BCUT2D eigenvalue weighted by atomic mass is 15.0. The standard InChI is InChI=1S/2C29H21N.2C25H19N.12C2H6/c1-2-30-26-14-13-19-8-4-6-10-23(19)29(26)25-17-24-21(16-27(25)30)15-20-12-11-18-7-3-5-9-22(18)28(20)24;1-2-30-27-14-8-7-12-22(27)25-17-24-18(16-28(25)30)15-26-21-11-4-3-9-19(21)20-10-5-6-13-23(20)29(24)26;1-2-26-24-10-6-5-9-20(24)23-15-22-19(14-25(23)26)12-18-11-16-7-3-4-8-17(16)13-21(18)22;1-2-26-23-10-6-5-9-20(23)22-15-21-18(14-24(22)26)13-17-12-11-16-7-3-4-8-19(16)25(17)21;12*1-2/h2*3-14,16-17H,2,15H2,1H3;3-11,13-15H,2,12H2,1H3;3-12,14-15H,2,13H2,1H3;12*1-2H3. The Morgan fingerprint density at radius 3 is 0.846 bits per heavy atom. The fourth-order valence-electron chi connectivity index (χ4n) is 21.0. The quantitative estimate of drug-likeness (QED) is 0.157. The number of fused-ring (bicyclic) bond motifs is 36. The van der Waals surface area contributed by atoms with Crippen LogP contribution >= 0.6 is 0 Å². The van der Waals surface area contributed by atoms with Crippen molar-refractivity contribution in [3.8, 4) is 44.5 Å². The molecule has 0 N–H and O–H groups in total. The SMILES string of the molecule is CC.CC.CC.CC.CC.CC.CC.CC.CC.CC.CC.CC.CCn1c2cc3c(cc2c2c4ccccc4ccc21)-c1c(ccc2ccccc12)C3.CCn1c2ccccc2c2cc3c(cc21)Cc1c-3c2ccccc2c2ccccc12.CCn1c2ccccc2c2cc3c(cc21)Cc1cc2ccccc2cc1-3.CCn1c2ccccc2c2cc3c(cc21)Cc1ccc2ccccc2c1-3. The van der Waals surface area contributed by atoms with E-state index in [9.17, 15) is 0 Å². The normalized spacial score (nSPS) is 11.1. The van der Waals surface area contributed by atoms with Gasteiger partial charge in [0.2, 0.25) is 0 Å². The molecule has 0 fully saturated rings. The van der Waals surface area contributed by atoms with Gasteiger partial charge in [0.05, 0.1) is 0 Å². The second kappa shape index (κ2) is 48.8. The molecular weight excluding hydrogens is 1640 g/mol. The van der Waals surface area contributed by atoms with Crippen LogP contribution in [0.15, 0.2) is 315 Å². The van der Waals surface area contributed by atoms with Crippen LogP contribution in [0.4, 0.5) is 0 Å². The molecule has 0 saturated heterocycles. The summed E-state index contributed by atoms with van der Waals surface area (Å²) in [7, 11) is 0. The maximum atomic E-state index is 2.48. The van der Waals surface area contributed by atoms with Crippen molar-refractivity contribution in [3.05, 3.63) is 360 Å². The topological polar surface area (TPSA) is 19.7 Å². The first kappa shape index (κ1) is 103. The van der Waals surface area contributed by atoms with E-state index < -0.39 is 0 Å². The first-order valence-corrected chi connectivity index (χ1v) is 52.4. The van der Waals surface area contributed by atoms with Crippen molar-refractivity contribution in [1.29, 1.82) is 0 Å². The van der Waals surface area contributed by atoms with Gasteiger partial charge in [-0.3, -0.25) is 0 Å². The molecule has 0 amide bonds. The Bertz CT molecular complexity index is 7810. The molecule has 22 aromatic rings. The second-order valence-electron chi connectivity index (χ2n) is 31.5. The van der Waals surface area contributed by atoms with Crippen LogP contribution in [0.25, 0.3) is 196 Å². The van der Waals surface area contributed by atoms with Crippen molar-refractivity contribution in [1.82, 2.24) is 18.3 Å². The monoisotopic (exact) mass is 1790 g/mol. The molecule has 0 atom stereocenters. The van der Waals surface area contributed by atoms with E-state index in [1.165, 1.54) is 241 Å². The highest BCUT2D eigenvalue weighted by Gasteiger charge is 2.30. The number of rotatable bonds is 4. The lowest BCUT2D eigenvalue weighted by atomic mass is 9.91. The van der Waals surface area contributed by atoms with Crippen LogP contribution in [0.5, 0.6) is 0 Å². The summed E-state index contributed by atoms with van der Waals surface area (Å²) in [4.78, 5) is 0. The molecule has 4 heterocycles. The summed E-state index contributed by atoms with van der Waals surface area (Å²) in [5.74, 6) is 0. The molecule has 136 heavy (non-hydrogen) atoms. The van der Waals surface area contributed by atoms with Crippen LogP contribution in [-0.2, 0) is 51.9 Å². The molecule has 0 bridgehead atoms. The highest BCUT2D eigenvalue weighted by Crippen LogP contribution is 2.52. The fourth-order valence-corrected chi connectivity index (χ4v) is 21.0. The largest absolute Gasteiger partial charge is 0.341 e. The summed E-state index contributed by atoms with van der Waals surface area (Å²) in [6, 6.07) is 117. The molecule has 4 aliphatic carbocycles. The van der Waals surface area contributed by atoms with Gasteiger partial charge in [0.25, 0.3) is 0 Å². The summed E-state index contributed by atoms with van der Waals surface area (Å²) >= 11 is 0. The third-order valence-corrected chi connectivity index (χ3v) is 25.9. The van der Waals surface area contributed by atoms with E-state index in [-0.39, 0.29) is 0 Å². The minimum absolute atomic E-state index is 0.979. The van der Waals surface area contributed by atoms with Gasteiger partial charge < -0.3 is 18.3 Å². The number of aromatic nitrogens is 4. The number of hydrogen-bond acceptors (Lipinski definition) is 0. The van der Waals surface area contributed by atoms with Crippen LogP contribution in [0.2, 0.25) is 0 Å². The molecule has 26 rings (SSSR count). The molecular formula is C132H152N4. The van der Waals surface area contributed by atoms with Crippen molar-refractivity contribution in [3.63, 3.8) is 0 Å². The van der Waals surface area contributed by atoms with Crippen LogP contribution in [0.1, 0.15) is 238 Å². The van der Waals surface area contributed by atoms with Crippen molar-refractivity contribution in [2.75, 3.05) is 0 Å². The van der Waals surface area contributed by atoms with Gasteiger partial charge in [-0.1, -0.05) is 403 Å². The second-order valence-corrected chi connectivity index (χ2v) is 31.5. The zero-order valence-electron chi connectivity index (χ0n) is 87.5. The van der Waals surface area contributed by atoms with Gasteiger partial charge in [0.1, 0.15) is 0 Å². The van der Waals surface area contributed by atoms with Gasteiger partial charge in [-0.2, -0.15) is 0 Å². The summed E-state index contributed by atoms with van der Waals surface area (Å²) in [6.45, 7) is 60.9. The summed E-state index contributed by atoms with van der Waals surface area (Å²) < 4.78 is 9.85. The number of aryl methyl sites for hydroxylation is 4. The smallest absolute Gasteiger partial charge is 0.0497 e. The van der Waals surface area contributed by atoms with Crippen molar-refractivity contribution in [2.24, 2.45) is 0 Å². The van der Waals surface area contributed by atoms with Gasteiger partial charge >= 0.3 is 0 Å². The van der Waals surface area contributed by atoms with Crippen LogP contribution in [-0.4, -0.2) is 18.3 Å². The molecule has 0 unspecified atom stereocenters. The lowest BCUT2D eigenvalue weighted by Gasteiger charge is -2.12. The van der Waals surface area contributed by atoms with E-state index in [1.807, 2.05) is 166 Å². The van der Waals surface area contributed by atoms with Gasteiger partial charge in [0.15, 0.2) is 0 Å². The lowest BCUT2D eigenvalue weighted by Crippen LogP contribution is -1.93. The molecule has 0 saturated carbocycles. The van der Waals surface area contributed by atoms with Crippen molar-refractivity contribution < 1.29 is 0 Å². The Kier molecular flexibility index (Phi) is 37.0. The van der Waals surface area contributed by atoms with Crippen LogP contribution in [0.3, 0.4) is 0 Å². The number of para-hydroxylation sites is 3. The lowest BCUT2D eigenvalue weighted by molar-refractivity contribution is 0.826. The van der Waals surface area contributed by atoms with Gasteiger partial charge in [-0.15, -0.1) is 0 Å². The first-order valence-electron chi connectivity index (χ1n) is 52.4. The Morgan fingerprint density at radius 2 is 0.426 bits per heavy atom. The molecule has 4 heteroatoms. The Labute approximate surface area is 814 Å². The number of nitrogens with zero attached hydrogens (tertiary/aromatic N) is 4. The van der Waals surface area contributed by atoms with E-state index in [0.717, 1.165) is 51.9 Å². The number of benzene rings is 18. The summed E-state index contributed by atoms with van der Waals surface area (Å²) in [5.41, 5.74) is 33.9. The number of hydrogen-bond donors (Lipinski definition) is 0. The van der Waals surface area contributed by atoms with Crippen LogP contribution in [0, 0.1) is 0 Å². The maximum Gasteiger partial charge on any atom is 0.0497 e. The zero-order valence-corrected chi connectivity index (χ0v) is 87.5. The average molecular weight is 1790 g/mol. The zero-order chi connectivity index (χ0) is 98.1. The van der Waals surface area contributed by atoms with Gasteiger partial charge in [-0.05, 0) is 286 Å². The molecule has 0 radical (unpaired) electrons. The van der Waals surface area contributed by atoms with Gasteiger partial charge in [-0.25, -0.2) is 0 Å². The molecule has 0 aliphatic heterocycles. The Hall–Kier alpha value is -13.3. The predicted octanol–water partition coefficient (Wildman–Crippen LogP) is 40.8. The van der Waals surface area contributed by atoms with Gasteiger partial charge in [0, 0.05) is 113 Å². The molecule has 4 nitrogen and oxygen atoms in total. The van der Waals surface area contributed by atoms with Crippen molar-refractivity contribution in [2.45, 2.75) is 246 Å². The average Bonchev–Trinajstić information content (AvgIpc) is 1.56. The fraction of sp³-hybridized carbons (Fsp3) is 0.273. The maximum absolute atomic E-state index is 2.48. The molecule has 4 aliphatic rings. The third-order valence-electron chi connectivity index (χ3n) is 25.9. The minimum Gasteiger partial charge on any atom is -0.341 e. The van der Waals surface area contributed by atoms with Crippen molar-refractivity contribution >= 4 is 152 Å². The molecule has 0 spiro atoms. The first-order chi connectivity index (χ1) is 67.4. The van der Waals surface area contributed by atoms with E-state index in [2.05, 4.69) is 361 Å². The molecule has 18 aromatic carbocycles. The minimum atomic E-state index is 0.979. The van der Waals surface area contributed by atoms with E-state index in [4.69, 9.17) is 0 Å². The Balaban J connectivity index is 0.000000162. The van der Waals surface area contributed by atoms with E-state index in [0.29, 0.717) is 0 Å². The molecule has 4 aromatic heterocycles. The van der Waals surface area contributed by atoms with E-state index >= 15 is 0 Å². The summed E-state index contributed by atoms with van der Waals surface area (Å²) in [5, 5.41) is 27.2. The molecule has 700 valence electrons. The predicted molar refractivity (Wildman–Crippen MR) is 615 cm³/mol.